The first-order valence-electron chi connectivity index (χ1n) is 13.7. The molecule has 39 heavy (non-hydrogen) atoms. The van der Waals surface area contributed by atoms with Crippen LogP contribution in [0.1, 0.15) is 47.4 Å². The number of benzene rings is 2. The molecule has 0 radical (unpaired) electrons. The number of piperidine rings is 1. The maximum atomic E-state index is 13.3. The van der Waals surface area contributed by atoms with Crippen molar-refractivity contribution in [3.63, 3.8) is 0 Å². The summed E-state index contributed by atoms with van der Waals surface area (Å²) in [6.07, 6.45) is 10.2. The Morgan fingerprint density at radius 1 is 1.05 bits per heavy atom. The number of carbonyl (C=O) groups is 1. The lowest BCUT2D eigenvalue weighted by molar-refractivity contribution is 0.102. The fourth-order valence-corrected chi connectivity index (χ4v) is 5.08. The highest BCUT2D eigenvalue weighted by atomic mass is 16.5. The van der Waals surface area contributed by atoms with Crippen molar-refractivity contribution in [2.75, 3.05) is 18.4 Å². The van der Waals surface area contributed by atoms with E-state index in [0.717, 1.165) is 79.1 Å². The van der Waals surface area contributed by atoms with Crippen LogP contribution in [-0.2, 0) is 6.54 Å². The maximum Gasteiger partial charge on any atom is 0.274 e. The number of imidazole rings is 1. The molecule has 6 rings (SSSR count). The summed E-state index contributed by atoms with van der Waals surface area (Å²) in [5.41, 5.74) is 12.2. The summed E-state index contributed by atoms with van der Waals surface area (Å²) in [7, 11) is 0. The Kier molecular flexibility index (Phi) is 7.13. The SMILES string of the molecule is Cc1cn(-c2cc(CN3CCC[C@H](N)C3)cc(NC(=O)c3cc(-c4ccc(OC5CC5)cc4)ccn3)c2)cn1. The summed E-state index contributed by atoms with van der Waals surface area (Å²) < 4.78 is 7.84. The van der Waals surface area contributed by atoms with Gasteiger partial charge in [0.05, 0.1) is 18.1 Å². The number of anilines is 1. The molecule has 1 amide bonds. The van der Waals surface area contributed by atoms with Gasteiger partial charge in [-0.25, -0.2) is 4.98 Å². The standard InChI is InChI=1S/C31H34N6O2/c1-21-17-37(20-34-21)27-14-22(18-36-12-2-3-25(32)19-36)13-26(16-27)35-31(38)30-15-24(10-11-33-30)23-4-6-28(7-5-23)39-29-8-9-29/h4-7,10-11,13-17,20,25,29H,2-3,8-9,12,18-19,32H2,1H3,(H,35,38)/t25-/m0/s1. The Morgan fingerprint density at radius 3 is 2.64 bits per heavy atom. The predicted octanol–water partition coefficient (Wildman–Crippen LogP) is 4.96. The summed E-state index contributed by atoms with van der Waals surface area (Å²) >= 11 is 0. The molecule has 1 aliphatic heterocycles. The van der Waals surface area contributed by atoms with Gasteiger partial charge in [-0.15, -0.1) is 0 Å². The zero-order chi connectivity index (χ0) is 26.8. The van der Waals surface area contributed by atoms with E-state index in [1.54, 1.807) is 12.5 Å². The number of aromatic nitrogens is 3. The maximum absolute atomic E-state index is 13.3. The normalized spacial score (nSPS) is 17.6. The molecule has 0 spiro atoms. The van der Waals surface area contributed by atoms with Crippen molar-refractivity contribution in [1.82, 2.24) is 19.4 Å². The number of ether oxygens (including phenoxy) is 1. The van der Waals surface area contributed by atoms with E-state index in [-0.39, 0.29) is 11.9 Å². The summed E-state index contributed by atoms with van der Waals surface area (Å²) in [4.78, 5) is 24.5. The van der Waals surface area contributed by atoms with Crippen LogP contribution in [-0.4, -0.2) is 50.6 Å². The average molecular weight is 523 g/mol. The molecule has 2 aromatic heterocycles. The Morgan fingerprint density at radius 2 is 1.90 bits per heavy atom. The van der Waals surface area contributed by atoms with E-state index in [0.29, 0.717) is 17.5 Å². The zero-order valence-corrected chi connectivity index (χ0v) is 22.2. The molecule has 8 nitrogen and oxygen atoms in total. The number of likely N-dealkylation sites (tertiary alicyclic amines) is 1. The summed E-state index contributed by atoms with van der Waals surface area (Å²) in [5, 5.41) is 3.08. The lowest BCUT2D eigenvalue weighted by Gasteiger charge is -2.30. The molecule has 200 valence electrons. The van der Waals surface area contributed by atoms with Crippen molar-refractivity contribution in [1.29, 1.82) is 0 Å². The van der Waals surface area contributed by atoms with Crippen LogP contribution in [0.5, 0.6) is 5.75 Å². The van der Waals surface area contributed by atoms with Gasteiger partial charge in [0.25, 0.3) is 5.91 Å². The van der Waals surface area contributed by atoms with E-state index in [1.165, 1.54) is 0 Å². The molecule has 1 aliphatic carbocycles. The van der Waals surface area contributed by atoms with E-state index in [4.69, 9.17) is 10.5 Å². The van der Waals surface area contributed by atoms with E-state index in [9.17, 15) is 4.79 Å². The number of carbonyl (C=O) groups excluding carboxylic acids is 1. The number of aryl methyl sites for hydroxylation is 1. The van der Waals surface area contributed by atoms with Crippen molar-refractivity contribution in [3.8, 4) is 22.6 Å². The van der Waals surface area contributed by atoms with Gasteiger partial charge in [0.2, 0.25) is 0 Å². The highest BCUT2D eigenvalue weighted by Crippen LogP contribution is 2.29. The molecule has 2 aliphatic rings. The van der Waals surface area contributed by atoms with Crippen LogP contribution in [0, 0.1) is 6.92 Å². The first kappa shape index (κ1) is 25.3. The highest BCUT2D eigenvalue weighted by molar-refractivity contribution is 6.03. The molecule has 2 aromatic carbocycles. The van der Waals surface area contributed by atoms with E-state index in [2.05, 4.69) is 26.3 Å². The number of pyridine rings is 1. The molecular weight excluding hydrogens is 488 g/mol. The zero-order valence-electron chi connectivity index (χ0n) is 22.2. The molecule has 4 aromatic rings. The fraction of sp³-hybridized carbons (Fsp3) is 0.323. The smallest absolute Gasteiger partial charge is 0.274 e. The van der Waals surface area contributed by atoms with E-state index in [1.807, 2.05) is 66.2 Å². The number of rotatable bonds is 8. The third-order valence-electron chi connectivity index (χ3n) is 7.20. The third-order valence-corrected chi connectivity index (χ3v) is 7.20. The topological polar surface area (TPSA) is 98.3 Å². The van der Waals surface area contributed by atoms with Crippen LogP contribution in [0.3, 0.4) is 0 Å². The predicted molar refractivity (Wildman–Crippen MR) is 152 cm³/mol. The van der Waals surface area contributed by atoms with Gasteiger partial charge in [0, 0.05) is 42.9 Å². The largest absolute Gasteiger partial charge is 0.490 e. The van der Waals surface area contributed by atoms with E-state index < -0.39 is 0 Å². The van der Waals surface area contributed by atoms with Crippen molar-refractivity contribution < 1.29 is 9.53 Å². The molecule has 0 bridgehead atoms. The molecule has 1 saturated heterocycles. The second-order valence-electron chi connectivity index (χ2n) is 10.7. The average Bonchev–Trinajstić information content (AvgIpc) is 3.64. The van der Waals surface area contributed by atoms with Crippen LogP contribution < -0.4 is 15.8 Å². The van der Waals surface area contributed by atoms with Crippen molar-refractivity contribution in [2.24, 2.45) is 5.73 Å². The minimum Gasteiger partial charge on any atom is -0.490 e. The first-order chi connectivity index (χ1) is 19.0. The molecular formula is C31H34N6O2. The molecule has 3 heterocycles. The van der Waals surface area contributed by atoms with Crippen LogP contribution in [0.15, 0.2) is 73.3 Å². The van der Waals surface area contributed by atoms with Crippen molar-refractivity contribution in [2.45, 2.75) is 51.3 Å². The Hall–Kier alpha value is -4.01. The lowest BCUT2D eigenvalue weighted by Crippen LogP contribution is -2.42. The monoisotopic (exact) mass is 522 g/mol. The van der Waals surface area contributed by atoms with Gasteiger partial charge < -0.3 is 20.4 Å². The third kappa shape index (κ3) is 6.35. The second kappa shape index (κ2) is 11.0. The number of amides is 1. The second-order valence-corrected chi connectivity index (χ2v) is 10.7. The van der Waals surface area contributed by atoms with Crippen molar-refractivity contribution >= 4 is 11.6 Å². The number of nitrogens with zero attached hydrogens (tertiary/aromatic N) is 4. The summed E-state index contributed by atoms with van der Waals surface area (Å²) in [6, 6.07) is 18.1. The Labute approximate surface area is 228 Å². The van der Waals surface area contributed by atoms with Crippen molar-refractivity contribution in [3.05, 3.63) is 90.3 Å². The molecule has 1 saturated carbocycles. The highest BCUT2D eigenvalue weighted by Gasteiger charge is 2.23. The van der Waals surface area contributed by atoms with Gasteiger partial charge >= 0.3 is 0 Å². The van der Waals surface area contributed by atoms with Gasteiger partial charge in [-0.1, -0.05) is 12.1 Å². The van der Waals surface area contributed by atoms with Gasteiger partial charge in [-0.2, -0.15) is 0 Å². The fourth-order valence-electron chi connectivity index (χ4n) is 5.08. The van der Waals surface area contributed by atoms with Crippen LogP contribution in [0.2, 0.25) is 0 Å². The quantitative estimate of drug-likeness (QED) is 0.339. The molecule has 1 atom stereocenters. The Balaban J connectivity index is 1.22. The number of nitrogens with one attached hydrogen (secondary N) is 1. The Bertz CT molecular complexity index is 1460. The van der Waals surface area contributed by atoms with Gasteiger partial charge in [0.1, 0.15) is 11.4 Å². The lowest BCUT2D eigenvalue weighted by atomic mass is 10.0. The van der Waals surface area contributed by atoms with E-state index >= 15 is 0 Å². The number of hydrogen-bond acceptors (Lipinski definition) is 6. The van der Waals surface area contributed by atoms with Crippen LogP contribution in [0.25, 0.3) is 16.8 Å². The minimum atomic E-state index is -0.254. The number of hydrogen-bond donors (Lipinski definition) is 2. The van der Waals surface area contributed by atoms with Gasteiger partial charge in [-0.05, 0) is 98.3 Å². The molecule has 2 fully saturated rings. The number of nitrogens with two attached hydrogens (primary N) is 1. The van der Waals surface area contributed by atoms with Gasteiger partial charge in [-0.3, -0.25) is 14.7 Å². The molecule has 8 heteroatoms. The van der Waals surface area contributed by atoms with Crippen LogP contribution >= 0.6 is 0 Å². The molecule has 3 N–H and O–H groups in total. The first-order valence-corrected chi connectivity index (χ1v) is 13.7. The van der Waals surface area contributed by atoms with Gasteiger partial charge in [0.15, 0.2) is 0 Å². The van der Waals surface area contributed by atoms with Crippen LogP contribution in [0.4, 0.5) is 5.69 Å². The summed E-state index contributed by atoms with van der Waals surface area (Å²) in [6.45, 7) is 4.63. The summed E-state index contributed by atoms with van der Waals surface area (Å²) in [5.74, 6) is 0.624. The molecule has 0 unspecified atom stereocenters. The minimum absolute atomic E-state index is 0.206.